The molecule has 23 heavy (non-hydrogen) atoms. The quantitative estimate of drug-likeness (QED) is 0.591. The van der Waals surface area contributed by atoms with Crippen molar-refractivity contribution in [1.82, 2.24) is 14.9 Å². The summed E-state index contributed by atoms with van der Waals surface area (Å²) in [6, 6.07) is 4.98. The standard InChI is InChI=1S/C16H21N3O3S/c1-2-3-10-22-19-12-7-8-13(18(11-12)16(19)21)15(20)23-14-6-4-5-9-17-14/h4-6,9,12-13H,2-3,7-8,10-11H2,1H3/t12-,13-/m0/s1. The number of carbonyl (C=O) groups excluding carboxylic acids is 2. The number of carbonyl (C=O) groups is 2. The molecule has 2 aliphatic heterocycles. The number of pyridine rings is 1. The second kappa shape index (κ2) is 7.31. The molecule has 2 amide bonds. The molecule has 2 saturated heterocycles. The molecule has 0 radical (unpaired) electrons. The van der Waals surface area contributed by atoms with E-state index in [0.717, 1.165) is 31.0 Å². The summed E-state index contributed by atoms with van der Waals surface area (Å²) in [4.78, 5) is 36.5. The SMILES string of the molecule is CCCCON1C(=O)N2C[C@@H]1CC[C@H]2C(=O)Sc1ccccn1. The first kappa shape index (κ1) is 16.3. The van der Waals surface area contributed by atoms with E-state index in [1.807, 2.05) is 12.1 Å². The number of fused-ring (bicyclic) bond motifs is 2. The van der Waals surface area contributed by atoms with Gasteiger partial charge in [0.2, 0.25) is 5.12 Å². The molecule has 2 aliphatic rings. The van der Waals surface area contributed by atoms with Gasteiger partial charge in [-0.05, 0) is 43.2 Å². The van der Waals surface area contributed by atoms with Crippen LogP contribution >= 0.6 is 11.8 Å². The van der Waals surface area contributed by atoms with Crippen molar-refractivity contribution in [3.63, 3.8) is 0 Å². The molecular weight excluding hydrogens is 314 g/mol. The van der Waals surface area contributed by atoms with E-state index in [-0.39, 0.29) is 23.2 Å². The van der Waals surface area contributed by atoms with Gasteiger partial charge in [0.25, 0.3) is 0 Å². The van der Waals surface area contributed by atoms with Gasteiger partial charge in [0.1, 0.15) is 11.1 Å². The van der Waals surface area contributed by atoms with Gasteiger partial charge in [0.05, 0.1) is 12.6 Å². The van der Waals surface area contributed by atoms with E-state index < -0.39 is 0 Å². The van der Waals surface area contributed by atoms with E-state index >= 15 is 0 Å². The van der Waals surface area contributed by atoms with Crippen LogP contribution in [0.1, 0.15) is 32.6 Å². The van der Waals surface area contributed by atoms with Crippen LogP contribution < -0.4 is 0 Å². The Morgan fingerprint density at radius 2 is 2.30 bits per heavy atom. The van der Waals surface area contributed by atoms with Crippen LogP contribution in [0.2, 0.25) is 0 Å². The number of rotatable bonds is 6. The molecule has 2 bridgehead atoms. The van der Waals surface area contributed by atoms with Crippen molar-refractivity contribution in [2.75, 3.05) is 13.2 Å². The van der Waals surface area contributed by atoms with E-state index in [2.05, 4.69) is 11.9 Å². The first-order valence-electron chi connectivity index (χ1n) is 8.06. The predicted octanol–water partition coefficient (Wildman–Crippen LogP) is 2.70. The number of hydrogen-bond donors (Lipinski definition) is 0. The molecule has 1 aromatic rings. The minimum atomic E-state index is -0.384. The summed E-state index contributed by atoms with van der Waals surface area (Å²) in [6.45, 7) is 3.21. The Morgan fingerprint density at radius 3 is 3.04 bits per heavy atom. The van der Waals surface area contributed by atoms with Gasteiger partial charge in [-0.3, -0.25) is 9.63 Å². The molecule has 0 spiro atoms. The van der Waals surface area contributed by atoms with Gasteiger partial charge in [-0.1, -0.05) is 19.4 Å². The second-order valence-electron chi connectivity index (χ2n) is 5.78. The first-order valence-corrected chi connectivity index (χ1v) is 8.88. The number of urea groups is 1. The Labute approximate surface area is 140 Å². The van der Waals surface area contributed by atoms with Gasteiger partial charge in [-0.2, -0.15) is 5.06 Å². The smallest absolute Gasteiger partial charge is 0.310 e. The average molecular weight is 335 g/mol. The van der Waals surface area contributed by atoms with Crippen molar-refractivity contribution in [2.24, 2.45) is 0 Å². The van der Waals surface area contributed by atoms with Crippen LogP contribution in [-0.4, -0.2) is 51.3 Å². The summed E-state index contributed by atoms with van der Waals surface area (Å²) in [5.74, 6) is 0. The fraction of sp³-hybridized carbons (Fsp3) is 0.562. The Bertz CT molecular complexity index is 569. The van der Waals surface area contributed by atoms with Crippen molar-refractivity contribution < 1.29 is 14.4 Å². The molecule has 2 atom stereocenters. The van der Waals surface area contributed by atoms with Crippen LogP contribution in [0.3, 0.4) is 0 Å². The third-order valence-electron chi connectivity index (χ3n) is 4.17. The normalized spacial score (nSPS) is 23.4. The summed E-state index contributed by atoms with van der Waals surface area (Å²) >= 11 is 1.11. The molecule has 3 rings (SSSR count). The lowest BCUT2D eigenvalue weighted by Gasteiger charge is -2.28. The topological polar surface area (TPSA) is 62.7 Å². The highest BCUT2D eigenvalue weighted by Gasteiger charge is 2.47. The molecule has 0 N–H and O–H groups in total. The highest BCUT2D eigenvalue weighted by Crippen LogP contribution is 2.33. The van der Waals surface area contributed by atoms with Gasteiger partial charge in [0, 0.05) is 12.7 Å². The third-order valence-corrected chi connectivity index (χ3v) is 5.09. The average Bonchev–Trinajstić information content (AvgIpc) is 2.80. The van der Waals surface area contributed by atoms with Crippen LogP contribution in [0.25, 0.3) is 0 Å². The molecule has 0 aliphatic carbocycles. The monoisotopic (exact) mass is 335 g/mol. The molecule has 0 aromatic carbocycles. The molecule has 124 valence electrons. The van der Waals surface area contributed by atoms with Gasteiger partial charge >= 0.3 is 6.03 Å². The zero-order valence-corrected chi connectivity index (χ0v) is 14.0. The maximum Gasteiger partial charge on any atom is 0.344 e. The number of hydrogen-bond acceptors (Lipinski definition) is 5. The molecule has 3 heterocycles. The van der Waals surface area contributed by atoms with E-state index in [0.29, 0.717) is 24.6 Å². The Kier molecular flexibility index (Phi) is 5.17. The Hall–Kier alpha value is -1.60. The summed E-state index contributed by atoms with van der Waals surface area (Å²) < 4.78 is 0. The number of piperidine rings is 1. The van der Waals surface area contributed by atoms with Crippen molar-refractivity contribution >= 4 is 22.9 Å². The second-order valence-corrected chi connectivity index (χ2v) is 6.81. The minimum Gasteiger partial charge on any atom is -0.310 e. The highest BCUT2D eigenvalue weighted by molar-refractivity contribution is 8.13. The molecule has 0 unspecified atom stereocenters. The molecule has 6 nitrogen and oxygen atoms in total. The Balaban J connectivity index is 1.63. The molecular formula is C16H21N3O3S. The van der Waals surface area contributed by atoms with Crippen LogP contribution in [0.5, 0.6) is 0 Å². The fourth-order valence-corrected chi connectivity index (χ4v) is 3.78. The van der Waals surface area contributed by atoms with E-state index in [1.165, 1.54) is 5.06 Å². The first-order chi connectivity index (χ1) is 11.2. The number of nitrogens with zero attached hydrogens (tertiary/aromatic N) is 3. The van der Waals surface area contributed by atoms with Crippen molar-refractivity contribution in [3.8, 4) is 0 Å². The number of thioether (sulfide) groups is 1. The molecule has 2 fully saturated rings. The zero-order valence-electron chi connectivity index (χ0n) is 13.2. The summed E-state index contributed by atoms with van der Waals surface area (Å²) in [5, 5.41) is 2.13. The van der Waals surface area contributed by atoms with Gasteiger partial charge in [0.15, 0.2) is 0 Å². The summed E-state index contributed by atoms with van der Waals surface area (Å²) in [5.41, 5.74) is 0. The largest absolute Gasteiger partial charge is 0.344 e. The molecule has 7 heteroatoms. The van der Waals surface area contributed by atoms with Crippen molar-refractivity contribution in [3.05, 3.63) is 24.4 Å². The third kappa shape index (κ3) is 3.50. The predicted molar refractivity (Wildman–Crippen MR) is 86.7 cm³/mol. The maximum atomic E-state index is 12.5. The van der Waals surface area contributed by atoms with Crippen LogP contribution in [0.4, 0.5) is 4.79 Å². The van der Waals surface area contributed by atoms with E-state index in [4.69, 9.17) is 4.84 Å². The summed E-state index contributed by atoms with van der Waals surface area (Å²) in [6.07, 6.45) is 5.10. The number of aromatic nitrogens is 1. The van der Waals surface area contributed by atoms with Gasteiger partial charge in [-0.25, -0.2) is 9.78 Å². The number of unbranched alkanes of at least 4 members (excludes halogenated alkanes) is 1. The zero-order chi connectivity index (χ0) is 16.2. The van der Waals surface area contributed by atoms with Crippen molar-refractivity contribution in [1.29, 1.82) is 0 Å². The highest BCUT2D eigenvalue weighted by atomic mass is 32.2. The fourth-order valence-electron chi connectivity index (χ4n) is 2.93. The van der Waals surface area contributed by atoms with Crippen LogP contribution in [0, 0.1) is 0 Å². The van der Waals surface area contributed by atoms with Gasteiger partial charge in [-0.15, -0.1) is 0 Å². The molecule has 1 aromatic heterocycles. The minimum absolute atomic E-state index is 0.0223. The Morgan fingerprint density at radius 1 is 1.43 bits per heavy atom. The van der Waals surface area contributed by atoms with Crippen LogP contribution in [-0.2, 0) is 9.63 Å². The lowest BCUT2D eigenvalue weighted by molar-refractivity contribution is -0.130. The van der Waals surface area contributed by atoms with E-state index in [9.17, 15) is 9.59 Å². The number of hydroxylamine groups is 2. The lowest BCUT2D eigenvalue weighted by atomic mass is 10.0. The summed E-state index contributed by atoms with van der Waals surface area (Å²) in [7, 11) is 0. The maximum absolute atomic E-state index is 12.5. The number of amides is 2. The lowest BCUT2D eigenvalue weighted by Crippen LogP contribution is -2.44. The van der Waals surface area contributed by atoms with Crippen LogP contribution in [0.15, 0.2) is 29.4 Å². The van der Waals surface area contributed by atoms with E-state index in [1.54, 1.807) is 17.2 Å². The van der Waals surface area contributed by atoms with Crippen molar-refractivity contribution in [2.45, 2.75) is 49.7 Å². The van der Waals surface area contributed by atoms with Gasteiger partial charge < -0.3 is 4.90 Å². The molecule has 0 saturated carbocycles.